The van der Waals surface area contributed by atoms with Crippen molar-refractivity contribution in [2.45, 2.75) is 40.3 Å². The maximum Gasteiger partial charge on any atom is 0.271 e. The molecule has 0 bridgehead atoms. The molecule has 4 aromatic rings. The zero-order valence-corrected chi connectivity index (χ0v) is 18.9. The molecule has 0 aliphatic rings. The average molecular weight is 461 g/mol. The molecule has 0 aliphatic carbocycles. The van der Waals surface area contributed by atoms with Crippen LogP contribution in [0.4, 0.5) is 0 Å². The molecule has 4 aromatic heterocycles. The van der Waals surface area contributed by atoms with Gasteiger partial charge in [-0.2, -0.15) is 15.3 Å². The summed E-state index contributed by atoms with van der Waals surface area (Å²) in [6, 6.07) is 3.54. The van der Waals surface area contributed by atoms with E-state index in [4.69, 9.17) is 23.2 Å². The molecule has 9 nitrogen and oxygen atoms in total. The third kappa shape index (κ3) is 4.03. The monoisotopic (exact) mass is 460 g/mol. The summed E-state index contributed by atoms with van der Waals surface area (Å²) in [6.07, 6.45) is 4.16. The first kappa shape index (κ1) is 21.3. The first-order valence-electron chi connectivity index (χ1n) is 9.94. The van der Waals surface area contributed by atoms with Gasteiger partial charge < -0.3 is 5.32 Å². The molecule has 1 N–H and O–H groups in total. The van der Waals surface area contributed by atoms with Gasteiger partial charge in [-0.15, -0.1) is 0 Å². The third-order valence-corrected chi connectivity index (χ3v) is 6.03. The fourth-order valence-corrected chi connectivity index (χ4v) is 3.82. The normalized spacial score (nSPS) is 11.4. The minimum Gasteiger partial charge on any atom is -0.351 e. The summed E-state index contributed by atoms with van der Waals surface area (Å²) < 4.78 is 5.22. The summed E-state index contributed by atoms with van der Waals surface area (Å²) in [4.78, 5) is 17.0. The second-order valence-corrected chi connectivity index (χ2v) is 7.85. The van der Waals surface area contributed by atoms with Crippen molar-refractivity contribution < 1.29 is 4.79 Å². The van der Waals surface area contributed by atoms with Crippen LogP contribution in [-0.4, -0.2) is 46.6 Å². The molecule has 0 aromatic carbocycles. The summed E-state index contributed by atoms with van der Waals surface area (Å²) in [5.74, 6) is -0.266. The van der Waals surface area contributed by atoms with Gasteiger partial charge in [0.2, 0.25) is 0 Å². The Bertz CT molecular complexity index is 1260. The molecule has 0 fully saturated rings. The minimum absolute atomic E-state index is 0.266. The van der Waals surface area contributed by atoms with Crippen molar-refractivity contribution in [3.05, 3.63) is 51.8 Å². The fourth-order valence-electron chi connectivity index (χ4n) is 3.43. The van der Waals surface area contributed by atoms with Gasteiger partial charge >= 0.3 is 0 Å². The molecular weight excluding hydrogens is 439 g/mol. The topological polar surface area (TPSA) is 94.9 Å². The number of carbonyl (C=O) groups is 1. The van der Waals surface area contributed by atoms with Crippen LogP contribution in [0.15, 0.2) is 24.5 Å². The molecule has 0 saturated carbocycles. The van der Waals surface area contributed by atoms with Crippen molar-refractivity contribution in [3.8, 4) is 11.3 Å². The van der Waals surface area contributed by atoms with Gasteiger partial charge in [-0.1, -0.05) is 23.2 Å². The number of hydrogen-bond acceptors (Lipinski definition) is 5. The van der Waals surface area contributed by atoms with Crippen molar-refractivity contribution >= 4 is 34.8 Å². The molecule has 1 amide bonds. The Hall–Kier alpha value is -2.91. The number of amides is 1. The van der Waals surface area contributed by atoms with Crippen LogP contribution in [0, 0.1) is 13.8 Å². The van der Waals surface area contributed by atoms with Gasteiger partial charge in [0.1, 0.15) is 10.2 Å². The lowest BCUT2D eigenvalue weighted by Crippen LogP contribution is -2.25. The summed E-state index contributed by atoms with van der Waals surface area (Å²) in [6.45, 7) is 7.62. The number of aromatic nitrogens is 7. The van der Waals surface area contributed by atoms with Crippen LogP contribution in [-0.2, 0) is 13.1 Å². The largest absolute Gasteiger partial charge is 0.351 e. The zero-order valence-electron chi connectivity index (χ0n) is 17.4. The number of rotatable bonds is 7. The second kappa shape index (κ2) is 8.68. The summed E-state index contributed by atoms with van der Waals surface area (Å²) >= 11 is 12.2. The van der Waals surface area contributed by atoms with E-state index in [1.807, 2.05) is 30.8 Å². The Kier molecular flexibility index (Phi) is 5.97. The van der Waals surface area contributed by atoms with Crippen molar-refractivity contribution in [1.29, 1.82) is 0 Å². The lowest BCUT2D eigenvalue weighted by molar-refractivity contribution is 0.0947. The molecule has 0 saturated heterocycles. The Morgan fingerprint density at radius 1 is 1.19 bits per heavy atom. The molecule has 0 aliphatic heterocycles. The van der Waals surface area contributed by atoms with Gasteiger partial charge in [0.05, 0.1) is 17.6 Å². The number of halogens is 2. The predicted molar refractivity (Wildman–Crippen MR) is 119 cm³/mol. The lowest BCUT2D eigenvalue weighted by Gasteiger charge is -2.05. The van der Waals surface area contributed by atoms with Gasteiger partial charge in [0, 0.05) is 43.2 Å². The van der Waals surface area contributed by atoms with Gasteiger partial charge in [-0.05, 0) is 33.3 Å². The molecule has 11 heteroatoms. The number of nitrogens with one attached hydrogen (secondary N) is 1. The van der Waals surface area contributed by atoms with Crippen LogP contribution in [0.3, 0.4) is 0 Å². The van der Waals surface area contributed by atoms with E-state index in [0.29, 0.717) is 46.7 Å². The molecule has 162 valence electrons. The van der Waals surface area contributed by atoms with Crippen LogP contribution in [0.5, 0.6) is 0 Å². The highest BCUT2D eigenvalue weighted by atomic mass is 35.5. The van der Waals surface area contributed by atoms with E-state index in [1.54, 1.807) is 28.4 Å². The van der Waals surface area contributed by atoms with Gasteiger partial charge in [0.25, 0.3) is 5.91 Å². The lowest BCUT2D eigenvalue weighted by atomic mass is 10.2. The molecule has 0 atom stereocenters. The second-order valence-electron chi connectivity index (χ2n) is 7.11. The SMILES string of the molecule is CCn1ncc(-c2ccnc3cc(C(=O)NCCCn4nc(C)c(Cl)c4Cl)nn23)c1C. The maximum atomic E-state index is 12.6. The van der Waals surface area contributed by atoms with E-state index in [9.17, 15) is 4.79 Å². The van der Waals surface area contributed by atoms with Crippen molar-refractivity contribution in [3.63, 3.8) is 0 Å². The van der Waals surface area contributed by atoms with E-state index in [0.717, 1.165) is 23.5 Å². The van der Waals surface area contributed by atoms with E-state index >= 15 is 0 Å². The third-order valence-electron chi connectivity index (χ3n) is 5.10. The van der Waals surface area contributed by atoms with E-state index in [1.165, 1.54) is 0 Å². The van der Waals surface area contributed by atoms with Gasteiger partial charge in [-0.3, -0.25) is 14.2 Å². The van der Waals surface area contributed by atoms with Crippen LogP contribution < -0.4 is 5.32 Å². The van der Waals surface area contributed by atoms with Gasteiger partial charge in [0.15, 0.2) is 11.3 Å². The molecule has 0 spiro atoms. The Morgan fingerprint density at radius 3 is 2.68 bits per heavy atom. The van der Waals surface area contributed by atoms with E-state index in [-0.39, 0.29) is 5.91 Å². The number of fused-ring (bicyclic) bond motifs is 1. The standard InChI is InChI=1S/C20H22Cl2N8O/c1-4-28-13(3)14(11-25-28)16-6-8-23-17-10-15(27-30(16)17)20(31)24-7-5-9-29-19(22)18(21)12(2)26-29/h6,8,10-11H,4-5,7,9H2,1-3H3,(H,24,31). The summed E-state index contributed by atoms with van der Waals surface area (Å²) in [7, 11) is 0. The first-order chi connectivity index (χ1) is 14.9. The van der Waals surface area contributed by atoms with Gasteiger partial charge in [-0.25, -0.2) is 9.50 Å². The number of hydrogen-bond donors (Lipinski definition) is 1. The maximum absolute atomic E-state index is 12.6. The molecule has 0 unspecified atom stereocenters. The van der Waals surface area contributed by atoms with Crippen molar-refractivity contribution in [2.24, 2.45) is 0 Å². The Labute approximate surface area is 189 Å². The summed E-state index contributed by atoms with van der Waals surface area (Å²) in [5, 5.41) is 16.9. The zero-order chi connectivity index (χ0) is 22.1. The molecule has 31 heavy (non-hydrogen) atoms. The highest BCUT2D eigenvalue weighted by Crippen LogP contribution is 2.25. The van der Waals surface area contributed by atoms with Crippen LogP contribution in [0.25, 0.3) is 16.9 Å². The predicted octanol–water partition coefficient (Wildman–Crippen LogP) is 3.55. The smallest absolute Gasteiger partial charge is 0.271 e. The Balaban J connectivity index is 1.46. The molecule has 4 rings (SSSR count). The first-order valence-corrected chi connectivity index (χ1v) is 10.7. The van der Waals surface area contributed by atoms with E-state index in [2.05, 4.69) is 25.6 Å². The molecule has 4 heterocycles. The highest BCUT2D eigenvalue weighted by Gasteiger charge is 2.17. The Morgan fingerprint density at radius 2 is 2.00 bits per heavy atom. The quantitative estimate of drug-likeness (QED) is 0.425. The van der Waals surface area contributed by atoms with Crippen molar-refractivity contribution in [1.82, 2.24) is 39.5 Å². The van der Waals surface area contributed by atoms with E-state index < -0.39 is 0 Å². The number of nitrogens with zero attached hydrogens (tertiary/aromatic N) is 7. The molecule has 0 radical (unpaired) electrons. The van der Waals surface area contributed by atoms with Crippen LogP contribution in [0.1, 0.15) is 35.2 Å². The van der Waals surface area contributed by atoms with Crippen LogP contribution in [0.2, 0.25) is 10.2 Å². The average Bonchev–Trinajstić information content (AvgIpc) is 3.43. The number of carbonyl (C=O) groups excluding carboxylic acids is 1. The van der Waals surface area contributed by atoms with Crippen LogP contribution >= 0.6 is 23.2 Å². The summed E-state index contributed by atoms with van der Waals surface area (Å²) in [5.41, 5.74) is 4.40. The number of aryl methyl sites for hydroxylation is 3. The van der Waals surface area contributed by atoms with Crippen molar-refractivity contribution in [2.75, 3.05) is 6.54 Å². The minimum atomic E-state index is -0.266. The fraction of sp³-hybridized carbons (Fsp3) is 0.350. The molecular formula is C20H22Cl2N8O. The highest BCUT2D eigenvalue weighted by molar-refractivity contribution is 6.41.